The molecule has 3 aliphatic rings. The summed E-state index contributed by atoms with van der Waals surface area (Å²) in [4.78, 5) is 16.3. The van der Waals surface area contributed by atoms with Gasteiger partial charge in [0.15, 0.2) is 0 Å². The maximum atomic E-state index is 9.52. The summed E-state index contributed by atoms with van der Waals surface area (Å²) < 4.78 is 7.51. The summed E-state index contributed by atoms with van der Waals surface area (Å²) in [5.74, 6) is 0.726. The second-order valence-electron chi connectivity index (χ2n) is 9.19. The fraction of sp³-hybridized carbons (Fsp3) is 0.385. The zero-order chi connectivity index (χ0) is 23.8. The van der Waals surface area contributed by atoms with Gasteiger partial charge >= 0.3 is 0 Å². The first-order valence-electron chi connectivity index (χ1n) is 12.1. The maximum Gasteiger partial charge on any atom is 0.225 e. The van der Waals surface area contributed by atoms with Crippen molar-refractivity contribution in [1.29, 1.82) is 5.26 Å². The average Bonchev–Trinajstić information content (AvgIpc) is 3.47. The van der Waals surface area contributed by atoms with Crippen LogP contribution in [0.5, 0.6) is 0 Å². The SMILES string of the molecule is Cc1cc2n(n1)CC(N1CCN(c3ccc(C#N)cc3-c3cnc(N4CCOCC4)nc3)CC1)=C2. The predicted octanol–water partition coefficient (Wildman–Crippen LogP) is 2.53. The van der Waals surface area contributed by atoms with Gasteiger partial charge in [-0.05, 0) is 37.3 Å². The lowest BCUT2D eigenvalue weighted by Gasteiger charge is -2.38. The average molecular weight is 469 g/mol. The van der Waals surface area contributed by atoms with Gasteiger partial charge in [0, 0.05) is 74.2 Å². The van der Waals surface area contributed by atoms with E-state index in [2.05, 4.69) is 58.7 Å². The Balaban J connectivity index is 1.20. The van der Waals surface area contributed by atoms with Gasteiger partial charge in [-0.1, -0.05) is 0 Å². The monoisotopic (exact) mass is 468 g/mol. The van der Waals surface area contributed by atoms with Crippen LogP contribution in [0, 0.1) is 18.3 Å². The number of morpholine rings is 1. The number of anilines is 2. The Kier molecular flexibility index (Phi) is 5.58. The molecule has 0 N–H and O–H groups in total. The van der Waals surface area contributed by atoms with Crippen LogP contribution in [0.3, 0.4) is 0 Å². The molecule has 0 saturated carbocycles. The molecule has 2 fully saturated rings. The highest BCUT2D eigenvalue weighted by Crippen LogP contribution is 2.33. The third-order valence-electron chi connectivity index (χ3n) is 6.95. The molecule has 0 bridgehead atoms. The highest BCUT2D eigenvalue weighted by molar-refractivity contribution is 5.79. The number of piperazine rings is 1. The molecular weight excluding hydrogens is 440 g/mol. The fourth-order valence-corrected chi connectivity index (χ4v) is 5.10. The van der Waals surface area contributed by atoms with Gasteiger partial charge in [0.05, 0.1) is 42.8 Å². The molecule has 6 rings (SSSR count). The molecule has 2 saturated heterocycles. The fourth-order valence-electron chi connectivity index (χ4n) is 5.10. The molecule has 0 aliphatic carbocycles. The summed E-state index contributed by atoms with van der Waals surface area (Å²) in [6.45, 7) is 9.59. The number of nitriles is 1. The lowest BCUT2D eigenvalue weighted by Crippen LogP contribution is -2.46. The first kappa shape index (κ1) is 21.6. The van der Waals surface area contributed by atoms with Crippen molar-refractivity contribution in [2.75, 3.05) is 62.3 Å². The Bertz CT molecular complexity index is 1290. The van der Waals surface area contributed by atoms with E-state index in [1.807, 2.05) is 31.5 Å². The van der Waals surface area contributed by atoms with Gasteiger partial charge in [-0.2, -0.15) is 10.4 Å². The number of aryl methyl sites for hydroxylation is 1. The summed E-state index contributed by atoms with van der Waals surface area (Å²) in [5.41, 5.74) is 7.28. The Morgan fingerprint density at radius 2 is 1.66 bits per heavy atom. The number of hydrogen-bond acceptors (Lipinski definition) is 8. The Morgan fingerprint density at radius 3 is 2.37 bits per heavy atom. The van der Waals surface area contributed by atoms with Crippen molar-refractivity contribution in [1.82, 2.24) is 24.6 Å². The number of benzene rings is 1. The smallest absolute Gasteiger partial charge is 0.225 e. The van der Waals surface area contributed by atoms with Gasteiger partial charge in [-0.25, -0.2) is 9.97 Å². The number of nitrogens with zero attached hydrogens (tertiary/aromatic N) is 8. The Labute approximate surface area is 204 Å². The summed E-state index contributed by atoms with van der Waals surface area (Å²) in [5, 5.41) is 14.1. The van der Waals surface area contributed by atoms with Gasteiger partial charge in [-0.3, -0.25) is 4.68 Å². The molecule has 178 valence electrons. The molecule has 0 atom stereocenters. The van der Waals surface area contributed by atoms with E-state index in [1.54, 1.807) is 0 Å². The lowest BCUT2D eigenvalue weighted by molar-refractivity contribution is 0.122. The number of fused-ring (bicyclic) bond motifs is 1. The molecule has 9 nitrogen and oxygen atoms in total. The van der Waals surface area contributed by atoms with E-state index >= 15 is 0 Å². The maximum absolute atomic E-state index is 9.52. The molecule has 0 unspecified atom stereocenters. The molecule has 5 heterocycles. The van der Waals surface area contributed by atoms with Crippen molar-refractivity contribution in [3.63, 3.8) is 0 Å². The van der Waals surface area contributed by atoms with E-state index < -0.39 is 0 Å². The number of allylic oxidation sites excluding steroid dienone is 1. The predicted molar refractivity (Wildman–Crippen MR) is 134 cm³/mol. The molecule has 0 spiro atoms. The largest absolute Gasteiger partial charge is 0.378 e. The van der Waals surface area contributed by atoms with Crippen LogP contribution in [0.2, 0.25) is 0 Å². The van der Waals surface area contributed by atoms with Crippen molar-refractivity contribution in [3.05, 3.63) is 59.3 Å². The molecule has 0 amide bonds. The summed E-state index contributed by atoms with van der Waals surface area (Å²) in [6, 6.07) is 10.3. The van der Waals surface area contributed by atoms with Crippen LogP contribution in [0.4, 0.5) is 11.6 Å². The van der Waals surface area contributed by atoms with Crippen molar-refractivity contribution in [3.8, 4) is 17.2 Å². The van der Waals surface area contributed by atoms with E-state index in [9.17, 15) is 5.26 Å². The first-order valence-corrected chi connectivity index (χ1v) is 12.1. The summed E-state index contributed by atoms with van der Waals surface area (Å²) in [6.07, 6.45) is 6.01. The number of ether oxygens (including phenoxy) is 1. The Hall–Kier alpha value is -3.90. The molecule has 2 aromatic heterocycles. The lowest BCUT2D eigenvalue weighted by atomic mass is 10.0. The van der Waals surface area contributed by atoms with Crippen LogP contribution in [0.25, 0.3) is 17.2 Å². The van der Waals surface area contributed by atoms with Crippen molar-refractivity contribution >= 4 is 17.7 Å². The van der Waals surface area contributed by atoms with Crippen LogP contribution in [-0.4, -0.2) is 77.1 Å². The van der Waals surface area contributed by atoms with Crippen molar-refractivity contribution in [2.45, 2.75) is 13.5 Å². The van der Waals surface area contributed by atoms with Gasteiger partial charge in [0.2, 0.25) is 5.95 Å². The van der Waals surface area contributed by atoms with E-state index in [0.717, 1.165) is 74.3 Å². The second-order valence-corrected chi connectivity index (χ2v) is 9.19. The first-order chi connectivity index (χ1) is 17.2. The molecule has 0 radical (unpaired) electrons. The third-order valence-corrected chi connectivity index (χ3v) is 6.95. The highest BCUT2D eigenvalue weighted by Gasteiger charge is 2.25. The molecule has 3 aromatic rings. The number of hydrogen-bond donors (Lipinski definition) is 0. The van der Waals surface area contributed by atoms with Crippen LogP contribution in [-0.2, 0) is 11.3 Å². The second kappa shape index (κ2) is 9.04. The molecule has 9 heteroatoms. The Morgan fingerprint density at radius 1 is 0.914 bits per heavy atom. The normalized spacial score (nSPS) is 17.8. The molecule has 3 aliphatic heterocycles. The van der Waals surface area contributed by atoms with Crippen LogP contribution in [0.1, 0.15) is 17.0 Å². The van der Waals surface area contributed by atoms with Gasteiger partial charge in [-0.15, -0.1) is 0 Å². The zero-order valence-electron chi connectivity index (χ0n) is 19.9. The topological polar surface area (TPSA) is 86.3 Å². The van der Waals surface area contributed by atoms with Gasteiger partial charge in [0.25, 0.3) is 0 Å². The third kappa shape index (κ3) is 4.21. The van der Waals surface area contributed by atoms with Gasteiger partial charge in [0.1, 0.15) is 0 Å². The summed E-state index contributed by atoms with van der Waals surface area (Å²) >= 11 is 0. The van der Waals surface area contributed by atoms with Crippen LogP contribution in [0.15, 0.2) is 42.4 Å². The van der Waals surface area contributed by atoms with E-state index in [4.69, 9.17) is 4.74 Å². The molecular formula is C26H28N8O. The van der Waals surface area contributed by atoms with E-state index in [-0.39, 0.29) is 0 Å². The molecule has 35 heavy (non-hydrogen) atoms. The standard InChI is InChI=1S/C26H28N8O/c1-19-12-22-14-23(18-34(22)30-19)31-4-6-32(7-5-31)25-3-2-20(15-27)13-24(25)21-16-28-26(29-17-21)33-8-10-35-11-9-33/h2-3,12-14,16-17H,4-11,18H2,1H3. The van der Waals surface area contributed by atoms with E-state index in [1.165, 1.54) is 11.4 Å². The molecule has 1 aromatic carbocycles. The van der Waals surface area contributed by atoms with Gasteiger partial charge < -0.3 is 19.4 Å². The van der Waals surface area contributed by atoms with Crippen molar-refractivity contribution < 1.29 is 4.74 Å². The minimum Gasteiger partial charge on any atom is -0.378 e. The van der Waals surface area contributed by atoms with Crippen LogP contribution >= 0.6 is 0 Å². The number of rotatable bonds is 4. The quantitative estimate of drug-likeness (QED) is 0.578. The van der Waals surface area contributed by atoms with Crippen LogP contribution < -0.4 is 9.80 Å². The van der Waals surface area contributed by atoms with Crippen molar-refractivity contribution in [2.24, 2.45) is 0 Å². The minimum absolute atomic E-state index is 0.639. The summed E-state index contributed by atoms with van der Waals surface area (Å²) in [7, 11) is 0. The zero-order valence-corrected chi connectivity index (χ0v) is 19.9. The van der Waals surface area contributed by atoms with E-state index in [0.29, 0.717) is 18.8 Å². The highest BCUT2D eigenvalue weighted by atomic mass is 16.5. The minimum atomic E-state index is 0.639. The number of aromatic nitrogens is 4.